The van der Waals surface area contributed by atoms with E-state index in [2.05, 4.69) is 54.0 Å². The van der Waals surface area contributed by atoms with Gasteiger partial charge in [-0.3, -0.25) is 20.4 Å². The lowest BCUT2D eigenvalue weighted by Crippen LogP contribution is -2.36. The van der Waals surface area contributed by atoms with Gasteiger partial charge in [-0.25, -0.2) is 0 Å². The van der Waals surface area contributed by atoms with Crippen molar-refractivity contribution >= 4 is 5.90 Å². The SMILES string of the molecule is CC1(c2ccc(C3NN=C(c4cccc(-c5nnc(-c6ccc(-c7ccccn7)nc6)o5)c4)O3)cn2)C=CC=CN1. The number of ether oxygens (including phenoxy) is 1. The second-order valence-corrected chi connectivity index (χ2v) is 9.73. The van der Waals surface area contributed by atoms with Gasteiger partial charge in [0, 0.05) is 35.3 Å². The molecule has 200 valence electrons. The number of dihydropyridines is 1. The lowest BCUT2D eigenvalue weighted by molar-refractivity contribution is 0.191. The Balaban J connectivity index is 1.04. The molecule has 10 nitrogen and oxygen atoms in total. The van der Waals surface area contributed by atoms with Crippen molar-refractivity contribution in [2.75, 3.05) is 0 Å². The quantitative estimate of drug-likeness (QED) is 0.302. The molecule has 41 heavy (non-hydrogen) atoms. The van der Waals surface area contributed by atoms with E-state index in [1.54, 1.807) is 18.6 Å². The van der Waals surface area contributed by atoms with Crippen molar-refractivity contribution in [1.29, 1.82) is 0 Å². The fourth-order valence-corrected chi connectivity index (χ4v) is 4.58. The lowest BCUT2D eigenvalue weighted by Gasteiger charge is -2.28. The molecular formula is C31H24N8O2. The van der Waals surface area contributed by atoms with Gasteiger partial charge in [0.15, 0.2) is 0 Å². The zero-order valence-corrected chi connectivity index (χ0v) is 22.0. The number of hydrogen-bond acceptors (Lipinski definition) is 10. The molecule has 2 aliphatic rings. The highest BCUT2D eigenvalue weighted by Gasteiger charge is 2.27. The van der Waals surface area contributed by atoms with Gasteiger partial charge in [0.25, 0.3) is 0 Å². The third-order valence-corrected chi connectivity index (χ3v) is 6.87. The Labute approximate surface area is 235 Å². The molecule has 10 heteroatoms. The number of nitrogens with zero attached hydrogens (tertiary/aromatic N) is 6. The summed E-state index contributed by atoms with van der Waals surface area (Å²) in [5, 5.41) is 16.2. The highest BCUT2D eigenvalue weighted by atomic mass is 16.5. The van der Waals surface area contributed by atoms with Gasteiger partial charge in [-0.2, -0.15) is 0 Å². The molecule has 6 heterocycles. The van der Waals surface area contributed by atoms with E-state index in [0.717, 1.165) is 39.3 Å². The topological polar surface area (TPSA) is 123 Å². The minimum Gasteiger partial charge on any atom is -0.446 e. The van der Waals surface area contributed by atoms with Crippen LogP contribution < -0.4 is 10.7 Å². The third kappa shape index (κ3) is 4.82. The number of pyridine rings is 3. The predicted molar refractivity (Wildman–Crippen MR) is 153 cm³/mol. The molecule has 4 aromatic heterocycles. The zero-order valence-electron chi connectivity index (χ0n) is 22.0. The van der Waals surface area contributed by atoms with Gasteiger partial charge in [0.1, 0.15) is 0 Å². The van der Waals surface area contributed by atoms with Crippen LogP contribution in [-0.4, -0.2) is 31.0 Å². The first-order valence-electron chi connectivity index (χ1n) is 13.1. The number of benzene rings is 1. The first kappa shape index (κ1) is 24.4. The van der Waals surface area contributed by atoms with Crippen molar-refractivity contribution in [3.63, 3.8) is 0 Å². The van der Waals surface area contributed by atoms with Crippen LogP contribution in [0.1, 0.15) is 30.0 Å². The number of allylic oxidation sites excluding steroid dienone is 2. The van der Waals surface area contributed by atoms with E-state index in [1.165, 1.54) is 0 Å². The molecule has 1 aromatic carbocycles. The molecule has 0 amide bonds. The summed E-state index contributed by atoms with van der Waals surface area (Å²) in [7, 11) is 0. The van der Waals surface area contributed by atoms with Crippen LogP contribution in [0.4, 0.5) is 0 Å². The Hall–Kier alpha value is -5.64. The summed E-state index contributed by atoms with van der Waals surface area (Å²) in [6.45, 7) is 2.08. The van der Waals surface area contributed by atoms with E-state index in [1.807, 2.05) is 85.1 Å². The van der Waals surface area contributed by atoms with Gasteiger partial charge in [-0.05, 0) is 73.8 Å². The molecule has 0 aliphatic carbocycles. The van der Waals surface area contributed by atoms with Crippen molar-refractivity contribution in [1.82, 2.24) is 35.9 Å². The smallest absolute Gasteiger partial charge is 0.249 e. The summed E-state index contributed by atoms with van der Waals surface area (Å²) >= 11 is 0. The molecule has 0 saturated carbocycles. The van der Waals surface area contributed by atoms with Crippen LogP contribution >= 0.6 is 0 Å². The van der Waals surface area contributed by atoms with Crippen LogP contribution in [-0.2, 0) is 10.3 Å². The lowest BCUT2D eigenvalue weighted by atomic mass is 9.94. The molecule has 2 atom stereocenters. The second kappa shape index (κ2) is 10.2. The highest BCUT2D eigenvalue weighted by molar-refractivity contribution is 5.95. The van der Waals surface area contributed by atoms with Gasteiger partial charge in [0.2, 0.25) is 23.9 Å². The molecule has 7 rings (SSSR count). The Morgan fingerprint density at radius 1 is 0.780 bits per heavy atom. The maximum atomic E-state index is 6.14. The van der Waals surface area contributed by atoms with Crippen molar-refractivity contribution in [3.05, 3.63) is 127 Å². The van der Waals surface area contributed by atoms with E-state index < -0.39 is 6.23 Å². The predicted octanol–water partition coefficient (Wildman–Crippen LogP) is 5.12. The number of aromatic nitrogens is 5. The molecule has 2 unspecified atom stereocenters. The second-order valence-electron chi connectivity index (χ2n) is 9.73. The van der Waals surface area contributed by atoms with Crippen LogP contribution in [0.3, 0.4) is 0 Å². The fraction of sp³-hybridized carbons (Fsp3) is 0.0968. The summed E-state index contributed by atoms with van der Waals surface area (Å²) in [5.41, 5.74) is 8.28. The minimum atomic E-state index is -0.450. The van der Waals surface area contributed by atoms with Crippen LogP contribution in [0.5, 0.6) is 0 Å². The molecule has 2 aliphatic heterocycles. The highest BCUT2D eigenvalue weighted by Crippen LogP contribution is 2.28. The van der Waals surface area contributed by atoms with Gasteiger partial charge < -0.3 is 14.5 Å². The summed E-state index contributed by atoms with van der Waals surface area (Å²) in [5.74, 6) is 1.22. The number of rotatable bonds is 6. The summed E-state index contributed by atoms with van der Waals surface area (Å²) in [6.07, 6.45) is 12.8. The van der Waals surface area contributed by atoms with Gasteiger partial charge in [-0.15, -0.1) is 15.3 Å². The maximum absolute atomic E-state index is 6.14. The summed E-state index contributed by atoms with van der Waals surface area (Å²) in [4.78, 5) is 13.5. The Kier molecular flexibility index (Phi) is 6.05. The number of nitrogens with one attached hydrogen (secondary N) is 2. The Bertz CT molecular complexity index is 1780. The minimum absolute atomic E-state index is 0.354. The van der Waals surface area contributed by atoms with E-state index in [9.17, 15) is 0 Å². The van der Waals surface area contributed by atoms with Gasteiger partial charge >= 0.3 is 0 Å². The Morgan fingerprint density at radius 3 is 2.41 bits per heavy atom. The molecule has 0 radical (unpaired) electrons. The van der Waals surface area contributed by atoms with E-state index in [0.29, 0.717) is 17.7 Å². The van der Waals surface area contributed by atoms with E-state index in [4.69, 9.17) is 9.15 Å². The largest absolute Gasteiger partial charge is 0.446 e. The van der Waals surface area contributed by atoms with Crippen LogP contribution in [0.15, 0.2) is 119 Å². The average molecular weight is 541 g/mol. The summed E-state index contributed by atoms with van der Waals surface area (Å²) in [6, 6.07) is 21.1. The third-order valence-electron chi connectivity index (χ3n) is 6.87. The Morgan fingerprint density at radius 2 is 1.66 bits per heavy atom. The maximum Gasteiger partial charge on any atom is 0.249 e. The number of hydrogen-bond donors (Lipinski definition) is 2. The van der Waals surface area contributed by atoms with E-state index in [-0.39, 0.29) is 5.54 Å². The molecular weight excluding hydrogens is 516 g/mol. The molecule has 2 N–H and O–H groups in total. The number of hydrazone groups is 1. The molecule has 0 fully saturated rings. The summed E-state index contributed by atoms with van der Waals surface area (Å²) < 4.78 is 12.1. The van der Waals surface area contributed by atoms with Crippen molar-refractivity contribution in [2.24, 2.45) is 5.10 Å². The van der Waals surface area contributed by atoms with Crippen molar-refractivity contribution in [3.8, 4) is 34.3 Å². The first-order chi connectivity index (χ1) is 20.1. The van der Waals surface area contributed by atoms with Gasteiger partial charge in [-0.1, -0.05) is 24.3 Å². The van der Waals surface area contributed by atoms with Crippen LogP contribution in [0.2, 0.25) is 0 Å². The monoisotopic (exact) mass is 540 g/mol. The van der Waals surface area contributed by atoms with E-state index >= 15 is 0 Å². The molecule has 0 spiro atoms. The normalized spacial score (nSPS) is 19.2. The van der Waals surface area contributed by atoms with Gasteiger partial charge in [0.05, 0.1) is 28.2 Å². The van der Waals surface area contributed by atoms with Crippen molar-refractivity contribution < 1.29 is 9.15 Å². The first-order valence-corrected chi connectivity index (χ1v) is 13.1. The van der Waals surface area contributed by atoms with Crippen LogP contribution in [0, 0.1) is 0 Å². The fourth-order valence-electron chi connectivity index (χ4n) is 4.58. The van der Waals surface area contributed by atoms with Crippen LogP contribution in [0.25, 0.3) is 34.3 Å². The standard InChI is InChI=1S/C31H24N8O2/c1-31(14-3-5-16-35-31)26-13-11-23(19-34-26)30-39-37-28(41-30)21-8-6-7-20(17-21)27-36-38-29(40-27)22-10-12-25(33-18-22)24-9-2-4-15-32-24/h2-19,30,35,39H,1H3. The average Bonchev–Trinajstić information content (AvgIpc) is 3.74. The zero-order chi connectivity index (χ0) is 27.6. The molecule has 0 bridgehead atoms. The molecule has 0 saturated heterocycles. The molecule has 5 aromatic rings. The van der Waals surface area contributed by atoms with Crippen molar-refractivity contribution in [2.45, 2.75) is 18.7 Å².